The molecule has 1 amide bonds. The lowest BCUT2D eigenvalue weighted by atomic mass is 10.2. The van der Waals surface area contributed by atoms with Crippen LogP contribution in [0.3, 0.4) is 0 Å². The van der Waals surface area contributed by atoms with E-state index in [2.05, 4.69) is 0 Å². The van der Waals surface area contributed by atoms with Crippen LogP contribution in [0.1, 0.15) is 19.3 Å². The van der Waals surface area contributed by atoms with Gasteiger partial charge < -0.3 is 24.7 Å². The molecule has 0 atom stereocenters. The molecule has 0 saturated carbocycles. The standard InChI is InChI=1S/C9H22N2O4Si/c1-13-16(14-2,15-8-9(11)12)7-5-3-4-6-10/h3-8,10H2,1-2H3,(H2,11,12). The molecular weight excluding hydrogens is 228 g/mol. The van der Waals surface area contributed by atoms with Gasteiger partial charge in [-0.1, -0.05) is 6.42 Å². The maximum atomic E-state index is 10.6. The van der Waals surface area contributed by atoms with Crippen LogP contribution in [0.4, 0.5) is 0 Å². The van der Waals surface area contributed by atoms with E-state index in [1.165, 1.54) is 14.2 Å². The molecule has 0 spiro atoms. The van der Waals surface area contributed by atoms with E-state index in [0.717, 1.165) is 19.3 Å². The molecule has 0 aliphatic carbocycles. The van der Waals surface area contributed by atoms with Gasteiger partial charge in [0.2, 0.25) is 5.91 Å². The number of carbonyl (C=O) groups is 1. The highest BCUT2D eigenvalue weighted by Crippen LogP contribution is 2.17. The molecule has 0 aromatic heterocycles. The molecule has 0 aromatic carbocycles. The van der Waals surface area contributed by atoms with E-state index >= 15 is 0 Å². The highest BCUT2D eigenvalue weighted by molar-refractivity contribution is 6.60. The minimum atomic E-state index is -2.70. The van der Waals surface area contributed by atoms with Gasteiger partial charge >= 0.3 is 8.80 Å². The van der Waals surface area contributed by atoms with Crippen LogP contribution >= 0.6 is 0 Å². The number of carbonyl (C=O) groups excluding carboxylic acids is 1. The maximum Gasteiger partial charge on any atom is 0.500 e. The van der Waals surface area contributed by atoms with E-state index in [1.807, 2.05) is 0 Å². The Labute approximate surface area is 97.6 Å². The van der Waals surface area contributed by atoms with E-state index in [0.29, 0.717) is 12.6 Å². The van der Waals surface area contributed by atoms with Crippen molar-refractivity contribution in [1.82, 2.24) is 0 Å². The fraction of sp³-hybridized carbons (Fsp3) is 0.889. The third-order valence-corrected chi connectivity index (χ3v) is 5.04. The SMILES string of the molecule is CO[Si](CCCCCN)(OC)OCC(N)=O. The molecule has 0 radical (unpaired) electrons. The van der Waals surface area contributed by atoms with Crippen molar-refractivity contribution in [3.05, 3.63) is 0 Å². The average Bonchev–Trinajstić information content (AvgIpc) is 2.29. The number of amides is 1. The van der Waals surface area contributed by atoms with Crippen LogP contribution < -0.4 is 11.5 Å². The van der Waals surface area contributed by atoms with E-state index in [1.54, 1.807) is 0 Å². The van der Waals surface area contributed by atoms with Crippen LogP contribution in [-0.2, 0) is 18.1 Å². The van der Waals surface area contributed by atoms with Gasteiger partial charge in [0, 0.05) is 20.3 Å². The monoisotopic (exact) mass is 250 g/mol. The number of primary amides is 1. The van der Waals surface area contributed by atoms with Crippen molar-refractivity contribution in [2.75, 3.05) is 27.4 Å². The first kappa shape index (κ1) is 15.5. The van der Waals surface area contributed by atoms with E-state index in [-0.39, 0.29) is 6.61 Å². The highest BCUT2D eigenvalue weighted by Gasteiger charge is 2.38. The quantitative estimate of drug-likeness (QED) is 0.415. The Morgan fingerprint density at radius 3 is 2.25 bits per heavy atom. The molecule has 7 heteroatoms. The van der Waals surface area contributed by atoms with Crippen LogP contribution in [0.2, 0.25) is 6.04 Å². The number of rotatable bonds is 10. The molecule has 0 aromatic rings. The first-order chi connectivity index (χ1) is 7.60. The van der Waals surface area contributed by atoms with Crippen molar-refractivity contribution in [2.24, 2.45) is 11.5 Å². The molecule has 6 nitrogen and oxygen atoms in total. The van der Waals surface area contributed by atoms with Gasteiger partial charge in [-0.15, -0.1) is 0 Å². The minimum Gasteiger partial charge on any atom is -0.377 e. The summed E-state index contributed by atoms with van der Waals surface area (Å²) in [6.45, 7) is 0.515. The van der Waals surface area contributed by atoms with Gasteiger partial charge in [0.15, 0.2) is 0 Å². The second-order valence-corrected chi connectivity index (χ2v) is 6.42. The van der Waals surface area contributed by atoms with Crippen LogP contribution in [0.15, 0.2) is 0 Å². The van der Waals surface area contributed by atoms with Crippen LogP contribution in [0, 0.1) is 0 Å². The normalized spacial score (nSPS) is 11.7. The average molecular weight is 250 g/mol. The Morgan fingerprint density at radius 2 is 1.81 bits per heavy atom. The van der Waals surface area contributed by atoms with Gasteiger partial charge in [0.1, 0.15) is 6.61 Å². The Hall–Kier alpha value is -0.473. The summed E-state index contributed by atoms with van der Waals surface area (Å²) < 4.78 is 15.9. The summed E-state index contributed by atoms with van der Waals surface area (Å²) in [6.07, 6.45) is 2.87. The predicted molar refractivity (Wildman–Crippen MR) is 62.6 cm³/mol. The summed E-state index contributed by atoms with van der Waals surface area (Å²) in [5, 5.41) is 0. The van der Waals surface area contributed by atoms with Gasteiger partial charge in [0.05, 0.1) is 0 Å². The summed E-state index contributed by atoms with van der Waals surface area (Å²) in [4.78, 5) is 10.6. The molecule has 96 valence electrons. The van der Waals surface area contributed by atoms with Crippen molar-refractivity contribution in [3.63, 3.8) is 0 Å². The van der Waals surface area contributed by atoms with Crippen molar-refractivity contribution in [2.45, 2.75) is 25.3 Å². The molecule has 16 heavy (non-hydrogen) atoms. The molecule has 0 rings (SSSR count). The van der Waals surface area contributed by atoms with Crippen LogP contribution in [-0.4, -0.2) is 42.1 Å². The molecule has 0 aliphatic heterocycles. The predicted octanol–water partition coefficient (Wildman–Crippen LogP) is -0.151. The van der Waals surface area contributed by atoms with Crippen molar-refractivity contribution in [1.29, 1.82) is 0 Å². The highest BCUT2D eigenvalue weighted by atomic mass is 28.4. The third kappa shape index (κ3) is 6.18. The van der Waals surface area contributed by atoms with Gasteiger partial charge in [-0.05, 0) is 19.4 Å². The zero-order valence-corrected chi connectivity index (χ0v) is 11.0. The second kappa shape index (κ2) is 8.65. The largest absolute Gasteiger partial charge is 0.500 e. The number of nitrogens with two attached hydrogens (primary N) is 2. The fourth-order valence-corrected chi connectivity index (χ4v) is 3.32. The van der Waals surface area contributed by atoms with E-state index < -0.39 is 14.7 Å². The Bertz CT molecular complexity index is 200. The van der Waals surface area contributed by atoms with Crippen molar-refractivity contribution >= 4 is 14.7 Å². The lowest BCUT2D eigenvalue weighted by Gasteiger charge is -2.25. The smallest absolute Gasteiger partial charge is 0.377 e. The summed E-state index contributed by atoms with van der Waals surface area (Å²) in [5.41, 5.74) is 10.4. The van der Waals surface area contributed by atoms with Gasteiger partial charge in [0.25, 0.3) is 0 Å². The first-order valence-electron chi connectivity index (χ1n) is 5.33. The maximum absolute atomic E-state index is 10.6. The zero-order valence-electron chi connectivity index (χ0n) is 10.0. The lowest BCUT2D eigenvalue weighted by molar-refractivity contribution is -0.121. The van der Waals surface area contributed by atoms with Gasteiger partial charge in [-0.2, -0.15) is 0 Å². The van der Waals surface area contributed by atoms with Crippen LogP contribution in [0.5, 0.6) is 0 Å². The van der Waals surface area contributed by atoms with E-state index in [9.17, 15) is 4.79 Å². The molecule has 0 unspecified atom stereocenters. The molecule has 0 bridgehead atoms. The number of hydrogen-bond donors (Lipinski definition) is 2. The summed E-state index contributed by atoms with van der Waals surface area (Å²) in [6, 6.07) is 0.674. The molecule has 0 heterocycles. The summed E-state index contributed by atoms with van der Waals surface area (Å²) in [7, 11) is 0.357. The Morgan fingerprint density at radius 1 is 1.19 bits per heavy atom. The van der Waals surface area contributed by atoms with Gasteiger partial charge in [-0.3, -0.25) is 4.79 Å². The Kier molecular flexibility index (Phi) is 8.40. The molecule has 0 fully saturated rings. The zero-order chi connectivity index (χ0) is 12.4. The molecule has 0 saturated heterocycles. The van der Waals surface area contributed by atoms with Crippen molar-refractivity contribution in [3.8, 4) is 0 Å². The van der Waals surface area contributed by atoms with Gasteiger partial charge in [-0.25, -0.2) is 0 Å². The lowest BCUT2D eigenvalue weighted by Crippen LogP contribution is -2.45. The molecule has 4 N–H and O–H groups in total. The summed E-state index contributed by atoms with van der Waals surface area (Å²) in [5.74, 6) is -0.520. The number of unbranched alkanes of at least 4 members (excludes halogenated alkanes) is 2. The second-order valence-electron chi connectivity index (χ2n) is 3.45. The topological polar surface area (TPSA) is 96.8 Å². The summed E-state index contributed by atoms with van der Waals surface area (Å²) >= 11 is 0. The first-order valence-corrected chi connectivity index (χ1v) is 7.26. The molecule has 0 aliphatic rings. The Balaban J connectivity index is 4.04. The van der Waals surface area contributed by atoms with E-state index in [4.69, 9.17) is 24.7 Å². The molecular formula is C9H22N2O4Si. The number of hydrogen-bond acceptors (Lipinski definition) is 5. The van der Waals surface area contributed by atoms with Crippen LogP contribution in [0.25, 0.3) is 0 Å². The third-order valence-electron chi connectivity index (χ3n) is 2.24. The fourth-order valence-electron chi connectivity index (χ4n) is 1.32. The van der Waals surface area contributed by atoms with Crippen molar-refractivity contribution < 1.29 is 18.1 Å². The minimum absolute atomic E-state index is 0.162.